The number of cyclic esters (lactones) is 1. The first-order chi connectivity index (χ1) is 5.33. The maximum Gasteiger partial charge on any atom is 0.312 e. The van der Waals surface area contributed by atoms with Gasteiger partial charge in [-0.1, -0.05) is 0 Å². The Labute approximate surface area is 66.1 Å². The van der Waals surface area contributed by atoms with E-state index in [1.807, 2.05) is 0 Å². The van der Waals surface area contributed by atoms with Crippen LogP contribution in [-0.4, -0.2) is 25.7 Å². The van der Waals surface area contributed by atoms with Crippen molar-refractivity contribution in [3.05, 3.63) is 0 Å². The van der Waals surface area contributed by atoms with Crippen molar-refractivity contribution < 1.29 is 9.53 Å². The van der Waals surface area contributed by atoms with E-state index in [2.05, 4.69) is 5.32 Å². The van der Waals surface area contributed by atoms with Crippen molar-refractivity contribution in [1.29, 1.82) is 0 Å². The Morgan fingerprint density at radius 1 is 1.27 bits per heavy atom. The standard InChI is InChI=1S/C8H13NO2/c10-7-8(3-6-11-7)1-4-9-5-2-8/h9H,1-6H2. The van der Waals surface area contributed by atoms with E-state index in [0.29, 0.717) is 6.61 Å². The normalized spacial score (nSPS) is 28.9. The minimum atomic E-state index is -0.0920. The van der Waals surface area contributed by atoms with Crippen LogP contribution in [-0.2, 0) is 9.53 Å². The number of hydrogen-bond donors (Lipinski definition) is 1. The maximum atomic E-state index is 11.3. The number of ether oxygens (including phenoxy) is 1. The van der Waals surface area contributed by atoms with Gasteiger partial charge in [0.1, 0.15) is 0 Å². The monoisotopic (exact) mass is 155 g/mol. The molecular weight excluding hydrogens is 142 g/mol. The number of rotatable bonds is 0. The van der Waals surface area contributed by atoms with Gasteiger partial charge in [0.25, 0.3) is 0 Å². The smallest absolute Gasteiger partial charge is 0.312 e. The molecule has 2 heterocycles. The lowest BCUT2D eigenvalue weighted by Gasteiger charge is -2.29. The predicted octanol–water partition coefficient (Wildman–Crippen LogP) is 0.303. The summed E-state index contributed by atoms with van der Waals surface area (Å²) in [4.78, 5) is 11.3. The molecule has 2 rings (SSSR count). The minimum absolute atomic E-state index is 0.0407. The lowest BCUT2D eigenvalue weighted by atomic mass is 9.78. The molecule has 2 fully saturated rings. The molecule has 0 aromatic rings. The summed E-state index contributed by atoms with van der Waals surface area (Å²) in [5.74, 6) is 0.0407. The van der Waals surface area contributed by atoms with E-state index in [1.54, 1.807) is 0 Å². The Hall–Kier alpha value is -0.570. The molecule has 2 saturated heterocycles. The summed E-state index contributed by atoms with van der Waals surface area (Å²) in [5, 5.41) is 3.25. The van der Waals surface area contributed by atoms with Gasteiger partial charge in [-0.2, -0.15) is 0 Å². The van der Waals surface area contributed by atoms with Crippen LogP contribution in [0.25, 0.3) is 0 Å². The van der Waals surface area contributed by atoms with Crippen LogP contribution >= 0.6 is 0 Å². The van der Waals surface area contributed by atoms with Gasteiger partial charge in [0, 0.05) is 0 Å². The third-order valence-electron chi connectivity index (χ3n) is 2.81. The van der Waals surface area contributed by atoms with Crippen LogP contribution < -0.4 is 5.32 Å². The molecule has 2 aliphatic heterocycles. The molecule has 0 radical (unpaired) electrons. The van der Waals surface area contributed by atoms with E-state index in [-0.39, 0.29) is 11.4 Å². The summed E-state index contributed by atoms with van der Waals surface area (Å²) in [6.45, 7) is 2.57. The molecule has 0 saturated carbocycles. The Balaban J connectivity index is 2.12. The second kappa shape index (κ2) is 2.48. The van der Waals surface area contributed by atoms with Gasteiger partial charge in [0.05, 0.1) is 12.0 Å². The molecule has 62 valence electrons. The predicted molar refractivity (Wildman–Crippen MR) is 40.1 cm³/mol. The van der Waals surface area contributed by atoms with E-state index in [9.17, 15) is 4.79 Å². The molecule has 0 atom stereocenters. The molecule has 3 heteroatoms. The highest BCUT2D eigenvalue weighted by Gasteiger charge is 2.44. The minimum Gasteiger partial charge on any atom is -0.465 e. The molecule has 2 aliphatic rings. The van der Waals surface area contributed by atoms with Crippen LogP contribution in [0.5, 0.6) is 0 Å². The van der Waals surface area contributed by atoms with E-state index in [0.717, 1.165) is 32.4 Å². The van der Waals surface area contributed by atoms with Crippen molar-refractivity contribution in [2.45, 2.75) is 19.3 Å². The summed E-state index contributed by atoms with van der Waals surface area (Å²) in [5.41, 5.74) is -0.0920. The van der Waals surface area contributed by atoms with E-state index in [4.69, 9.17) is 4.74 Å². The molecule has 1 spiro atoms. The number of carbonyl (C=O) groups excluding carboxylic acids is 1. The van der Waals surface area contributed by atoms with Crippen LogP contribution in [0.1, 0.15) is 19.3 Å². The molecule has 0 aliphatic carbocycles. The van der Waals surface area contributed by atoms with Crippen LogP contribution in [0.3, 0.4) is 0 Å². The van der Waals surface area contributed by atoms with E-state index in [1.165, 1.54) is 0 Å². The molecular formula is C8H13NO2. The zero-order chi connectivity index (χ0) is 7.73. The van der Waals surface area contributed by atoms with Gasteiger partial charge in [-0.25, -0.2) is 0 Å². The Bertz CT molecular complexity index is 173. The summed E-state index contributed by atoms with van der Waals surface area (Å²) in [7, 11) is 0. The highest BCUT2D eigenvalue weighted by molar-refractivity contribution is 5.78. The van der Waals surface area contributed by atoms with Gasteiger partial charge in [-0.15, -0.1) is 0 Å². The first-order valence-corrected chi connectivity index (χ1v) is 4.21. The fraction of sp³-hybridized carbons (Fsp3) is 0.875. The van der Waals surface area contributed by atoms with Gasteiger partial charge in [-0.05, 0) is 32.4 Å². The van der Waals surface area contributed by atoms with Gasteiger partial charge < -0.3 is 10.1 Å². The third-order valence-corrected chi connectivity index (χ3v) is 2.81. The lowest BCUT2D eigenvalue weighted by Crippen LogP contribution is -2.39. The van der Waals surface area contributed by atoms with Gasteiger partial charge in [0.2, 0.25) is 0 Å². The molecule has 0 unspecified atom stereocenters. The Kier molecular flexibility index (Phi) is 1.60. The largest absolute Gasteiger partial charge is 0.465 e. The molecule has 11 heavy (non-hydrogen) atoms. The maximum absolute atomic E-state index is 11.3. The van der Waals surface area contributed by atoms with Crippen LogP contribution in [0.2, 0.25) is 0 Å². The third kappa shape index (κ3) is 1.03. The molecule has 0 aromatic carbocycles. The number of nitrogens with one attached hydrogen (secondary N) is 1. The molecule has 0 bridgehead atoms. The topological polar surface area (TPSA) is 38.3 Å². The molecule has 3 nitrogen and oxygen atoms in total. The van der Waals surface area contributed by atoms with Gasteiger partial charge in [0.15, 0.2) is 0 Å². The molecule has 0 amide bonds. The fourth-order valence-electron chi connectivity index (χ4n) is 1.95. The summed E-state index contributed by atoms with van der Waals surface area (Å²) < 4.78 is 4.98. The molecule has 0 aromatic heterocycles. The average molecular weight is 155 g/mol. The van der Waals surface area contributed by atoms with Crippen LogP contribution in [0.15, 0.2) is 0 Å². The highest BCUT2D eigenvalue weighted by atomic mass is 16.5. The highest BCUT2D eigenvalue weighted by Crippen LogP contribution is 2.38. The van der Waals surface area contributed by atoms with E-state index < -0.39 is 0 Å². The van der Waals surface area contributed by atoms with Crippen molar-refractivity contribution in [3.63, 3.8) is 0 Å². The van der Waals surface area contributed by atoms with Crippen molar-refractivity contribution in [1.82, 2.24) is 5.32 Å². The van der Waals surface area contributed by atoms with Crippen molar-refractivity contribution in [2.75, 3.05) is 19.7 Å². The Morgan fingerprint density at radius 3 is 2.55 bits per heavy atom. The first-order valence-electron chi connectivity index (χ1n) is 4.21. The van der Waals surface area contributed by atoms with Crippen LogP contribution in [0, 0.1) is 5.41 Å². The van der Waals surface area contributed by atoms with Crippen LogP contribution in [0.4, 0.5) is 0 Å². The number of esters is 1. The number of carbonyl (C=O) groups is 1. The second-order valence-corrected chi connectivity index (χ2v) is 3.42. The zero-order valence-corrected chi connectivity index (χ0v) is 6.56. The number of hydrogen-bond acceptors (Lipinski definition) is 3. The van der Waals surface area contributed by atoms with Gasteiger partial charge in [-0.3, -0.25) is 4.79 Å². The zero-order valence-electron chi connectivity index (χ0n) is 6.56. The van der Waals surface area contributed by atoms with Crippen molar-refractivity contribution in [3.8, 4) is 0 Å². The summed E-state index contributed by atoms with van der Waals surface area (Å²) in [6, 6.07) is 0. The number of piperidine rings is 1. The average Bonchev–Trinajstić information content (AvgIpc) is 2.36. The lowest BCUT2D eigenvalue weighted by molar-refractivity contribution is -0.147. The van der Waals surface area contributed by atoms with E-state index >= 15 is 0 Å². The van der Waals surface area contributed by atoms with Gasteiger partial charge >= 0.3 is 5.97 Å². The Morgan fingerprint density at radius 2 is 2.00 bits per heavy atom. The van der Waals surface area contributed by atoms with Crippen molar-refractivity contribution >= 4 is 5.97 Å². The molecule has 1 N–H and O–H groups in total. The quantitative estimate of drug-likeness (QED) is 0.511. The van der Waals surface area contributed by atoms with Crippen molar-refractivity contribution in [2.24, 2.45) is 5.41 Å². The fourth-order valence-corrected chi connectivity index (χ4v) is 1.95. The SMILES string of the molecule is O=C1OCCC12CCNCC2. The summed E-state index contributed by atoms with van der Waals surface area (Å²) >= 11 is 0. The summed E-state index contributed by atoms with van der Waals surface area (Å²) in [6.07, 6.45) is 2.87. The second-order valence-electron chi connectivity index (χ2n) is 3.42. The first kappa shape index (κ1) is 7.10.